The SMILES string of the molecule is CCCCCCCC(=O)OC[C@H](COP(=O)(O)OC[C@H](O)COP(=O)(O)OC[C@@H](COC(=O)CCCCCCCCCCCCC(C)C)OC(=O)CCCCCCCCCCCCC(C)C)OC(=O)CCCCCCCCCC(C)C. The lowest BCUT2D eigenvalue weighted by Gasteiger charge is -2.21. The molecular weight excluding hydrogens is 1080 g/mol. The number of phosphoric ester groups is 2. The third-order valence-electron chi connectivity index (χ3n) is 14.1. The first kappa shape index (κ1) is 79.1. The van der Waals surface area contributed by atoms with Gasteiger partial charge in [-0.1, -0.05) is 248 Å². The topological polar surface area (TPSA) is 237 Å². The van der Waals surface area contributed by atoms with Crippen molar-refractivity contribution < 1.29 is 80.2 Å². The number of esters is 4. The number of carbonyl (C=O) groups is 4. The van der Waals surface area contributed by atoms with E-state index in [1.165, 1.54) is 103 Å². The van der Waals surface area contributed by atoms with E-state index in [1.807, 2.05) is 0 Å². The minimum atomic E-state index is -4.94. The van der Waals surface area contributed by atoms with Crippen LogP contribution in [-0.4, -0.2) is 96.7 Å². The molecule has 19 heteroatoms. The van der Waals surface area contributed by atoms with Crippen LogP contribution in [0.25, 0.3) is 0 Å². The van der Waals surface area contributed by atoms with Crippen LogP contribution in [0.2, 0.25) is 0 Å². The Morgan fingerprint density at radius 1 is 0.333 bits per heavy atom. The van der Waals surface area contributed by atoms with Crippen molar-refractivity contribution in [2.24, 2.45) is 17.8 Å². The molecule has 2 unspecified atom stereocenters. The summed E-state index contributed by atoms with van der Waals surface area (Å²) in [5, 5.41) is 10.5. The van der Waals surface area contributed by atoms with E-state index in [1.54, 1.807) is 0 Å². The van der Waals surface area contributed by atoms with Crippen LogP contribution in [0, 0.1) is 17.8 Å². The molecule has 0 fully saturated rings. The Hall–Kier alpha value is -1.94. The minimum absolute atomic E-state index is 0.102. The van der Waals surface area contributed by atoms with Crippen LogP contribution >= 0.6 is 15.6 Å². The summed E-state index contributed by atoms with van der Waals surface area (Å²) in [6.07, 6.45) is 33.9. The van der Waals surface area contributed by atoms with Gasteiger partial charge in [0.15, 0.2) is 12.2 Å². The molecule has 81 heavy (non-hydrogen) atoms. The van der Waals surface area contributed by atoms with Crippen molar-refractivity contribution in [3.05, 3.63) is 0 Å². The molecule has 0 heterocycles. The maximum Gasteiger partial charge on any atom is 0.472 e. The molecule has 0 aliphatic rings. The van der Waals surface area contributed by atoms with Gasteiger partial charge in [-0.2, -0.15) is 0 Å². The molecular formula is C62H120O17P2. The maximum atomic E-state index is 13.0. The third kappa shape index (κ3) is 56.9. The Bertz CT molecular complexity index is 1610. The van der Waals surface area contributed by atoms with Gasteiger partial charge in [-0.25, -0.2) is 9.13 Å². The maximum absolute atomic E-state index is 13.0. The minimum Gasteiger partial charge on any atom is -0.462 e. The van der Waals surface area contributed by atoms with E-state index in [2.05, 4.69) is 48.5 Å². The van der Waals surface area contributed by atoms with Gasteiger partial charge < -0.3 is 33.8 Å². The van der Waals surface area contributed by atoms with E-state index in [0.29, 0.717) is 31.6 Å². The van der Waals surface area contributed by atoms with E-state index < -0.39 is 97.5 Å². The predicted molar refractivity (Wildman–Crippen MR) is 321 cm³/mol. The number of hydrogen-bond donors (Lipinski definition) is 3. The van der Waals surface area contributed by atoms with Gasteiger partial charge in [-0.3, -0.25) is 37.3 Å². The van der Waals surface area contributed by atoms with Crippen LogP contribution in [0.4, 0.5) is 0 Å². The van der Waals surface area contributed by atoms with Gasteiger partial charge in [-0.15, -0.1) is 0 Å². The van der Waals surface area contributed by atoms with Gasteiger partial charge in [0.2, 0.25) is 0 Å². The molecule has 0 aromatic rings. The highest BCUT2D eigenvalue weighted by atomic mass is 31.2. The molecule has 5 atom stereocenters. The highest BCUT2D eigenvalue weighted by Gasteiger charge is 2.30. The van der Waals surface area contributed by atoms with Crippen LogP contribution in [0.5, 0.6) is 0 Å². The lowest BCUT2D eigenvalue weighted by molar-refractivity contribution is -0.161. The van der Waals surface area contributed by atoms with E-state index in [-0.39, 0.29) is 25.7 Å². The molecule has 0 aliphatic carbocycles. The number of phosphoric acid groups is 2. The molecule has 3 N–H and O–H groups in total. The van der Waals surface area contributed by atoms with Crippen molar-refractivity contribution in [2.75, 3.05) is 39.6 Å². The fraction of sp³-hybridized carbons (Fsp3) is 0.935. The average molecular weight is 1200 g/mol. The number of hydrogen-bond acceptors (Lipinski definition) is 15. The van der Waals surface area contributed by atoms with Crippen LogP contribution in [-0.2, 0) is 65.4 Å². The molecule has 0 saturated carbocycles. The largest absolute Gasteiger partial charge is 0.472 e. The predicted octanol–water partition coefficient (Wildman–Crippen LogP) is 16.7. The van der Waals surface area contributed by atoms with Crippen LogP contribution in [0.1, 0.15) is 299 Å². The van der Waals surface area contributed by atoms with Gasteiger partial charge in [-0.05, 0) is 43.4 Å². The first-order valence-electron chi connectivity index (χ1n) is 32.3. The monoisotopic (exact) mass is 1200 g/mol. The first-order valence-corrected chi connectivity index (χ1v) is 35.3. The number of unbranched alkanes of at least 4 members (excludes halogenated alkanes) is 28. The lowest BCUT2D eigenvalue weighted by atomic mass is 10.0. The highest BCUT2D eigenvalue weighted by Crippen LogP contribution is 2.45. The van der Waals surface area contributed by atoms with Crippen molar-refractivity contribution in [2.45, 2.75) is 317 Å². The molecule has 17 nitrogen and oxygen atoms in total. The van der Waals surface area contributed by atoms with Crippen LogP contribution in [0.15, 0.2) is 0 Å². The fourth-order valence-electron chi connectivity index (χ4n) is 9.13. The number of carbonyl (C=O) groups excluding carboxylic acids is 4. The molecule has 0 saturated heterocycles. The van der Waals surface area contributed by atoms with E-state index in [0.717, 1.165) is 108 Å². The number of ether oxygens (including phenoxy) is 4. The Morgan fingerprint density at radius 3 is 0.840 bits per heavy atom. The van der Waals surface area contributed by atoms with Crippen molar-refractivity contribution in [1.82, 2.24) is 0 Å². The summed E-state index contributed by atoms with van der Waals surface area (Å²) in [6, 6.07) is 0. The quantitative estimate of drug-likeness (QED) is 0.0222. The molecule has 0 spiro atoms. The van der Waals surface area contributed by atoms with Gasteiger partial charge >= 0.3 is 39.5 Å². The Morgan fingerprint density at radius 2 is 0.568 bits per heavy atom. The molecule has 0 aliphatic heterocycles. The van der Waals surface area contributed by atoms with Crippen LogP contribution in [0.3, 0.4) is 0 Å². The van der Waals surface area contributed by atoms with Crippen molar-refractivity contribution in [1.29, 1.82) is 0 Å². The van der Waals surface area contributed by atoms with Gasteiger partial charge in [0.05, 0.1) is 26.4 Å². The van der Waals surface area contributed by atoms with Gasteiger partial charge in [0.1, 0.15) is 19.3 Å². The Labute approximate surface area is 492 Å². The molecule has 0 aromatic carbocycles. The lowest BCUT2D eigenvalue weighted by Crippen LogP contribution is -2.30. The van der Waals surface area contributed by atoms with Crippen LogP contribution < -0.4 is 0 Å². The second-order valence-electron chi connectivity index (χ2n) is 23.9. The molecule has 0 bridgehead atoms. The number of aliphatic hydroxyl groups is 1. The van der Waals surface area contributed by atoms with Gasteiger partial charge in [0.25, 0.3) is 0 Å². The second kappa shape index (κ2) is 53.5. The summed E-state index contributed by atoms with van der Waals surface area (Å²) in [7, 11) is -9.88. The summed E-state index contributed by atoms with van der Waals surface area (Å²) >= 11 is 0. The molecule has 480 valence electrons. The molecule has 0 amide bonds. The summed E-state index contributed by atoms with van der Waals surface area (Å²) in [5.41, 5.74) is 0. The Balaban J connectivity index is 5.19. The normalized spacial score (nSPS) is 14.4. The highest BCUT2D eigenvalue weighted by molar-refractivity contribution is 7.47. The number of aliphatic hydroxyl groups excluding tert-OH is 1. The zero-order valence-corrected chi connectivity index (χ0v) is 54.0. The van der Waals surface area contributed by atoms with Crippen molar-refractivity contribution >= 4 is 39.5 Å². The van der Waals surface area contributed by atoms with E-state index >= 15 is 0 Å². The third-order valence-corrected chi connectivity index (χ3v) is 16.0. The van der Waals surface area contributed by atoms with E-state index in [9.17, 15) is 43.2 Å². The fourth-order valence-corrected chi connectivity index (χ4v) is 10.7. The van der Waals surface area contributed by atoms with Crippen molar-refractivity contribution in [3.8, 4) is 0 Å². The smallest absolute Gasteiger partial charge is 0.462 e. The molecule has 0 radical (unpaired) electrons. The molecule has 0 rings (SSSR count). The summed E-state index contributed by atoms with van der Waals surface area (Å²) in [6.45, 7) is 11.6. The second-order valence-corrected chi connectivity index (χ2v) is 26.8. The van der Waals surface area contributed by atoms with Crippen molar-refractivity contribution in [3.63, 3.8) is 0 Å². The van der Waals surface area contributed by atoms with E-state index in [4.69, 9.17) is 37.0 Å². The van der Waals surface area contributed by atoms with Gasteiger partial charge in [0, 0.05) is 25.7 Å². The first-order chi connectivity index (χ1) is 38.7. The Kier molecular flexibility index (Phi) is 52.2. The standard InChI is InChI=1S/C62H120O17P2/c1-8-9-10-26-36-43-59(64)72-49-57(78-62(67)46-39-32-25-19-22-29-35-42-55(6)7)51-76-80(68,69)74-47-56(63)48-75-81(70,71)77-52-58(79-61(66)45-38-31-24-18-14-12-16-21-28-34-41-54(4)5)50-73-60(65)44-37-30-23-17-13-11-15-20-27-33-40-53(2)3/h53-58,63H,8-52H2,1-7H3,(H,68,69)(H,70,71)/t56-,57+,58+/m0/s1. The zero-order valence-electron chi connectivity index (χ0n) is 52.2. The number of rotatable bonds is 60. The zero-order chi connectivity index (χ0) is 60.3. The molecule has 0 aromatic heterocycles. The summed E-state index contributed by atoms with van der Waals surface area (Å²) < 4.78 is 67.7. The summed E-state index contributed by atoms with van der Waals surface area (Å²) in [4.78, 5) is 71.9. The average Bonchev–Trinajstić information content (AvgIpc) is 3.41. The summed E-state index contributed by atoms with van der Waals surface area (Å²) in [5.74, 6) is 0.0560.